The van der Waals surface area contributed by atoms with Gasteiger partial charge in [0.05, 0.1) is 0 Å². The van der Waals surface area contributed by atoms with Crippen molar-refractivity contribution in [1.29, 1.82) is 0 Å². The third-order valence-corrected chi connectivity index (χ3v) is 2.82. The Kier molecular flexibility index (Phi) is 3.71. The van der Waals surface area contributed by atoms with Crippen LogP contribution in [0.3, 0.4) is 0 Å². The first-order valence-electron chi connectivity index (χ1n) is 5.75. The minimum Gasteiger partial charge on any atom is -0.351 e. The van der Waals surface area contributed by atoms with Gasteiger partial charge in [0.2, 0.25) is 5.95 Å². The highest BCUT2D eigenvalue weighted by Crippen LogP contribution is 2.09. The van der Waals surface area contributed by atoms with Crippen LogP contribution >= 0.6 is 0 Å². The van der Waals surface area contributed by atoms with Crippen molar-refractivity contribution in [3.8, 4) is 0 Å². The molecule has 1 saturated heterocycles. The van der Waals surface area contributed by atoms with Crippen molar-refractivity contribution in [2.75, 3.05) is 38.1 Å². The molecule has 18 heavy (non-hydrogen) atoms. The van der Waals surface area contributed by atoms with E-state index in [1.54, 1.807) is 18.5 Å². The van der Waals surface area contributed by atoms with Crippen molar-refractivity contribution in [1.82, 2.24) is 20.2 Å². The van der Waals surface area contributed by atoms with Crippen molar-refractivity contribution in [3.05, 3.63) is 18.5 Å². The molecule has 7 heteroatoms. The van der Waals surface area contributed by atoms with E-state index in [0.29, 0.717) is 32.1 Å². The van der Waals surface area contributed by atoms with Crippen molar-refractivity contribution in [3.63, 3.8) is 0 Å². The molecule has 0 aromatic carbocycles. The molecule has 0 aliphatic carbocycles. The zero-order chi connectivity index (χ0) is 13.0. The summed E-state index contributed by atoms with van der Waals surface area (Å²) >= 11 is 0. The summed E-state index contributed by atoms with van der Waals surface area (Å²) in [7, 11) is 1.45. The SMILES string of the molecule is CNC(=O)C(=O)N1CCN(c2ncccn2)CC1. The van der Waals surface area contributed by atoms with Gasteiger partial charge in [0, 0.05) is 45.6 Å². The van der Waals surface area contributed by atoms with Crippen molar-refractivity contribution >= 4 is 17.8 Å². The number of likely N-dealkylation sites (N-methyl/N-ethyl adjacent to an activating group) is 1. The first-order chi connectivity index (χ1) is 8.72. The molecule has 7 nitrogen and oxygen atoms in total. The summed E-state index contributed by atoms with van der Waals surface area (Å²) in [6, 6.07) is 1.76. The number of amides is 2. The van der Waals surface area contributed by atoms with Gasteiger partial charge in [-0.05, 0) is 6.07 Å². The lowest BCUT2D eigenvalue weighted by molar-refractivity contribution is -0.145. The lowest BCUT2D eigenvalue weighted by atomic mass is 10.3. The van der Waals surface area contributed by atoms with Gasteiger partial charge in [-0.2, -0.15) is 0 Å². The smallest absolute Gasteiger partial charge is 0.311 e. The van der Waals surface area contributed by atoms with Crippen LogP contribution in [0.15, 0.2) is 18.5 Å². The molecule has 0 spiro atoms. The van der Waals surface area contributed by atoms with Crippen molar-refractivity contribution in [2.24, 2.45) is 0 Å². The Hall–Kier alpha value is -2.18. The predicted octanol–water partition coefficient (Wildman–Crippen LogP) is -1.13. The average Bonchev–Trinajstić information content (AvgIpc) is 2.47. The topological polar surface area (TPSA) is 78.4 Å². The number of anilines is 1. The number of hydrogen-bond donors (Lipinski definition) is 1. The van der Waals surface area contributed by atoms with Gasteiger partial charge in [-0.25, -0.2) is 9.97 Å². The summed E-state index contributed by atoms with van der Waals surface area (Å²) in [5.74, 6) is -0.393. The highest BCUT2D eigenvalue weighted by molar-refractivity contribution is 6.34. The van der Waals surface area contributed by atoms with Crippen LogP contribution in [-0.4, -0.2) is 59.9 Å². The standard InChI is InChI=1S/C11H15N5O2/c1-12-9(17)10(18)15-5-7-16(8-6-15)11-13-3-2-4-14-11/h2-4H,5-8H2,1H3,(H,12,17). The van der Waals surface area contributed by atoms with Crippen LogP contribution in [-0.2, 0) is 9.59 Å². The van der Waals surface area contributed by atoms with E-state index < -0.39 is 11.8 Å². The predicted molar refractivity (Wildman–Crippen MR) is 64.9 cm³/mol. The molecule has 1 aromatic heterocycles. The van der Waals surface area contributed by atoms with E-state index in [1.807, 2.05) is 4.90 Å². The molecule has 1 aliphatic heterocycles. The van der Waals surface area contributed by atoms with E-state index >= 15 is 0 Å². The maximum absolute atomic E-state index is 11.6. The Labute approximate surface area is 105 Å². The Bertz CT molecular complexity index is 428. The molecule has 0 atom stereocenters. The molecule has 2 rings (SSSR count). The number of rotatable bonds is 1. The van der Waals surface area contributed by atoms with Crippen molar-refractivity contribution in [2.45, 2.75) is 0 Å². The number of aromatic nitrogens is 2. The summed E-state index contributed by atoms with van der Waals surface area (Å²) in [6.45, 7) is 2.27. The third kappa shape index (κ3) is 2.55. The van der Waals surface area contributed by atoms with E-state index in [2.05, 4.69) is 15.3 Å². The summed E-state index contributed by atoms with van der Waals surface area (Å²) in [5, 5.41) is 2.34. The molecule has 0 bridgehead atoms. The number of carbonyl (C=O) groups is 2. The van der Waals surface area contributed by atoms with E-state index in [-0.39, 0.29) is 0 Å². The first-order valence-corrected chi connectivity index (χ1v) is 5.75. The van der Waals surface area contributed by atoms with Crippen LogP contribution in [0.5, 0.6) is 0 Å². The van der Waals surface area contributed by atoms with Gasteiger partial charge in [0.15, 0.2) is 0 Å². The molecule has 0 unspecified atom stereocenters. The van der Waals surface area contributed by atoms with Crippen LogP contribution in [0.25, 0.3) is 0 Å². The van der Waals surface area contributed by atoms with Crippen LogP contribution in [0.4, 0.5) is 5.95 Å². The van der Waals surface area contributed by atoms with Gasteiger partial charge in [-0.15, -0.1) is 0 Å². The van der Waals surface area contributed by atoms with Gasteiger partial charge < -0.3 is 15.1 Å². The van der Waals surface area contributed by atoms with Crippen LogP contribution in [0.1, 0.15) is 0 Å². The maximum atomic E-state index is 11.6. The van der Waals surface area contributed by atoms with E-state index in [1.165, 1.54) is 11.9 Å². The second-order valence-electron chi connectivity index (χ2n) is 3.91. The molecule has 0 saturated carbocycles. The fourth-order valence-corrected chi connectivity index (χ4v) is 1.81. The minimum absolute atomic E-state index is 0.480. The average molecular weight is 249 g/mol. The van der Waals surface area contributed by atoms with Gasteiger partial charge in [0.25, 0.3) is 0 Å². The van der Waals surface area contributed by atoms with E-state index in [4.69, 9.17) is 0 Å². The van der Waals surface area contributed by atoms with Gasteiger partial charge in [-0.3, -0.25) is 9.59 Å². The number of piperazine rings is 1. The molecule has 0 radical (unpaired) electrons. The molecule has 96 valence electrons. The monoisotopic (exact) mass is 249 g/mol. The van der Waals surface area contributed by atoms with Crippen LogP contribution in [0, 0.1) is 0 Å². The fourth-order valence-electron chi connectivity index (χ4n) is 1.81. The van der Waals surface area contributed by atoms with Crippen LogP contribution < -0.4 is 10.2 Å². The lowest BCUT2D eigenvalue weighted by Gasteiger charge is -2.34. The molecule has 2 heterocycles. The third-order valence-electron chi connectivity index (χ3n) is 2.82. The zero-order valence-electron chi connectivity index (χ0n) is 10.2. The summed E-state index contributed by atoms with van der Waals surface area (Å²) < 4.78 is 0. The Balaban J connectivity index is 1.92. The molecule has 1 N–H and O–H groups in total. The first kappa shape index (κ1) is 12.3. The van der Waals surface area contributed by atoms with Gasteiger partial charge in [-0.1, -0.05) is 0 Å². The molecular formula is C11H15N5O2. The van der Waals surface area contributed by atoms with Crippen LogP contribution in [0.2, 0.25) is 0 Å². The lowest BCUT2D eigenvalue weighted by Crippen LogP contribution is -2.52. The van der Waals surface area contributed by atoms with Crippen molar-refractivity contribution < 1.29 is 9.59 Å². The summed E-state index contributed by atoms with van der Waals surface area (Å²) in [6.07, 6.45) is 3.37. The molecule has 1 aliphatic rings. The molecule has 1 aromatic rings. The largest absolute Gasteiger partial charge is 0.351 e. The molecule has 2 amide bonds. The zero-order valence-corrected chi connectivity index (χ0v) is 10.2. The molecule has 1 fully saturated rings. The maximum Gasteiger partial charge on any atom is 0.311 e. The van der Waals surface area contributed by atoms with Gasteiger partial charge in [0.1, 0.15) is 0 Å². The summed E-state index contributed by atoms with van der Waals surface area (Å²) in [5.41, 5.74) is 0. The molecular weight excluding hydrogens is 234 g/mol. The number of carbonyl (C=O) groups excluding carboxylic acids is 2. The second-order valence-corrected chi connectivity index (χ2v) is 3.91. The highest BCUT2D eigenvalue weighted by Gasteiger charge is 2.25. The minimum atomic E-state index is -0.570. The van der Waals surface area contributed by atoms with E-state index in [9.17, 15) is 9.59 Å². The summed E-state index contributed by atoms with van der Waals surface area (Å²) in [4.78, 5) is 34.7. The normalized spacial score (nSPS) is 15.4. The quantitative estimate of drug-likeness (QED) is 0.637. The number of nitrogens with zero attached hydrogens (tertiary/aromatic N) is 4. The fraction of sp³-hybridized carbons (Fsp3) is 0.455. The van der Waals surface area contributed by atoms with E-state index in [0.717, 1.165) is 0 Å². The highest BCUT2D eigenvalue weighted by atomic mass is 16.2. The number of hydrogen-bond acceptors (Lipinski definition) is 5. The van der Waals surface area contributed by atoms with Gasteiger partial charge >= 0.3 is 11.8 Å². The number of nitrogens with one attached hydrogen (secondary N) is 1. The Morgan fingerprint density at radius 2 is 1.78 bits per heavy atom. The second kappa shape index (κ2) is 5.44. The Morgan fingerprint density at radius 3 is 2.33 bits per heavy atom. The Morgan fingerprint density at radius 1 is 1.17 bits per heavy atom.